The van der Waals surface area contributed by atoms with Crippen molar-refractivity contribution >= 4 is 86.0 Å². The second kappa shape index (κ2) is 10.2. The van der Waals surface area contributed by atoms with Gasteiger partial charge in [0.25, 0.3) is 0 Å². The number of fused-ring (bicyclic) bond motifs is 10. The monoisotopic (exact) mass is 642 g/mol. The van der Waals surface area contributed by atoms with Crippen molar-refractivity contribution in [2.75, 3.05) is 0 Å². The van der Waals surface area contributed by atoms with Crippen LogP contribution in [0.15, 0.2) is 167 Å². The summed E-state index contributed by atoms with van der Waals surface area (Å²) in [6, 6.07) is 56.5. The minimum absolute atomic E-state index is 0.822. The van der Waals surface area contributed by atoms with Crippen LogP contribution in [-0.4, -0.2) is 0 Å². The summed E-state index contributed by atoms with van der Waals surface area (Å²) in [5.41, 5.74) is 8.49. The zero-order valence-electron chi connectivity index (χ0n) is 26.2. The van der Waals surface area contributed by atoms with Crippen molar-refractivity contribution < 1.29 is 8.83 Å². The Bertz CT molecular complexity index is 3050. The van der Waals surface area contributed by atoms with Gasteiger partial charge >= 0.3 is 0 Å². The van der Waals surface area contributed by atoms with Crippen molar-refractivity contribution in [3.8, 4) is 33.6 Å². The third kappa shape index (κ3) is 3.88. The van der Waals surface area contributed by atoms with Crippen LogP contribution in [-0.2, 0) is 0 Å². The van der Waals surface area contributed by atoms with E-state index in [4.69, 9.17) is 8.83 Å². The topological polar surface area (TPSA) is 26.3 Å². The molecule has 8 aromatic carbocycles. The van der Waals surface area contributed by atoms with Gasteiger partial charge in [0.05, 0.1) is 5.39 Å². The fourth-order valence-electron chi connectivity index (χ4n) is 7.96. The lowest BCUT2D eigenvalue weighted by Gasteiger charge is -2.18. The summed E-state index contributed by atoms with van der Waals surface area (Å²) < 4.78 is 15.7. The van der Waals surface area contributed by atoms with E-state index >= 15 is 0 Å². The van der Waals surface area contributed by atoms with Gasteiger partial charge in [-0.1, -0.05) is 115 Å². The van der Waals surface area contributed by atoms with Crippen molar-refractivity contribution in [2.45, 2.75) is 0 Å². The quantitative estimate of drug-likeness (QED) is 0.179. The largest absolute Gasteiger partial charge is 0.456 e. The van der Waals surface area contributed by atoms with Gasteiger partial charge in [-0.3, -0.25) is 0 Å². The second-order valence-electron chi connectivity index (χ2n) is 12.8. The fourth-order valence-corrected chi connectivity index (χ4v) is 9.05. The molecule has 11 aromatic rings. The molecule has 2 nitrogen and oxygen atoms in total. The third-order valence-corrected chi connectivity index (χ3v) is 11.2. The van der Waals surface area contributed by atoms with E-state index in [0.29, 0.717) is 0 Å². The molecular formula is C46H26O2S. The lowest BCUT2D eigenvalue weighted by atomic mass is 9.84. The second-order valence-corrected chi connectivity index (χ2v) is 13.8. The van der Waals surface area contributed by atoms with Gasteiger partial charge in [0.1, 0.15) is 22.5 Å². The molecule has 0 fully saturated rings. The molecule has 0 N–H and O–H groups in total. The third-order valence-electron chi connectivity index (χ3n) is 10.1. The lowest BCUT2D eigenvalue weighted by molar-refractivity contribution is 0.631. The average Bonchev–Trinajstić information content (AvgIpc) is 3.87. The lowest BCUT2D eigenvalue weighted by Crippen LogP contribution is -1.91. The summed E-state index contributed by atoms with van der Waals surface area (Å²) in [7, 11) is 0. The Morgan fingerprint density at radius 1 is 0.367 bits per heavy atom. The van der Waals surface area contributed by atoms with Gasteiger partial charge in [0.2, 0.25) is 0 Å². The first-order chi connectivity index (χ1) is 24.3. The first-order valence-electron chi connectivity index (χ1n) is 16.6. The van der Waals surface area contributed by atoms with Gasteiger partial charge in [-0.2, -0.15) is 0 Å². The highest BCUT2D eigenvalue weighted by molar-refractivity contribution is 7.25. The van der Waals surface area contributed by atoms with Crippen LogP contribution < -0.4 is 0 Å². The van der Waals surface area contributed by atoms with Gasteiger partial charge in [0.15, 0.2) is 0 Å². The van der Waals surface area contributed by atoms with Gasteiger partial charge in [-0.25, -0.2) is 0 Å². The summed E-state index contributed by atoms with van der Waals surface area (Å²) in [6.45, 7) is 0. The smallest absolute Gasteiger partial charge is 0.146 e. The minimum atomic E-state index is 0.822. The van der Waals surface area contributed by atoms with Crippen molar-refractivity contribution in [1.29, 1.82) is 0 Å². The standard InChI is InChI=1S/C46H26O2S/c1-2-11-27(12-3-1)40-26-37-38(47-40)23-22-35-45-34(18-10-19-39(45)48-46(35)37)44-32-16-6-4-14-30(32)43(31-15-5-7-17-33(31)44)28-21-24-42-36(25-28)29-13-8-9-20-41(29)49-42/h1-26H. The van der Waals surface area contributed by atoms with Crippen molar-refractivity contribution in [1.82, 2.24) is 0 Å². The number of rotatable bonds is 3. The molecule has 0 bridgehead atoms. The Balaban J connectivity index is 1.21. The van der Waals surface area contributed by atoms with Crippen LogP contribution >= 0.6 is 11.3 Å². The van der Waals surface area contributed by atoms with E-state index < -0.39 is 0 Å². The Hall–Kier alpha value is -6.16. The molecule has 0 spiro atoms. The molecule has 3 aromatic heterocycles. The molecular weight excluding hydrogens is 617 g/mol. The van der Waals surface area contributed by atoms with Crippen LogP contribution in [0.2, 0.25) is 0 Å². The van der Waals surface area contributed by atoms with E-state index in [1.165, 1.54) is 64.0 Å². The maximum absolute atomic E-state index is 6.70. The van der Waals surface area contributed by atoms with E-state index in [1.807, 2.05) is 29.5 Å². The van der Waals surface area contributed by atoms with E-state index in [9.17, 15) is 0 Å². The van der Waals surface area contributed by atoms with Crippen molar-refractivity contribution in [3.05, 3.63) is 158 Å². The molecule has 0 amide bonds. The Morgan fingerprint density at radius 2 is 1.04 bits per heavy atom. The predicted octanol–water partition coefficient (Wildman–Crippen LogP) is 14.0. The minimum Gasteiger partial charge on any atom is -0.456 e. The molecule has 228 valence electrons. The van der Waals surface area contributed by atoms with Crippen molar-refractivity contribution in [2.24, 2.45) is 0 Å². The molecule has 0 atom stereocenters. The number of furan rings is 2. The molecule has 0 saturated carbocycles. The zero-order valence-corrected chi connectivity index (χ0v) is 27.1. The Kier molecular flexibility index (Phi) is 5.57. The predicted molar refractivity (Wildman–Crippen MR) is 208 cm³/mol. The van der Waals surface area contributed by atoms with Crippen LogP contribution in [0.1, 0.15) is 0 Å². The van der Waals surface area contributed by atoms with Crippen LogP contribution in [0.5, 0.6) is 0 Å². The molecule has 3 heteroatoms. The molecule has 0 aliphatic rings. The van der Waals surface area contributed by atoms with E-state index in [0.717, 1.165) is 44.2 Å². The van der Waals surface area contributed by atoms with E-state index in [2.05, 4.69) is 140 Å². The summed E-state index contributed by atoms with van der Waals surface area (Å²) in [5, 5.41) is 10.8. The molecule has 0 unspecified atom stereocenters. The summed E-state index contributed by atoms with van der Waals surface area (Å²) in [5.74, 6) is 0.838. The van der Waals surface area contributed by atoms with Crippen LogP contribution in [0, 0.1) is 0 Å². The maximum atomic E-state index is 6.70. The SMILES string of the molecule is c1ccc(-c2cc3c(ccc4c3oc3cccc(-c5c6ccccc6c(-c6ccc7sc8ccccc8c7c6)c6ccccc56)c34)o2)cc1. The Labute approximate surface area is 285 Å². The molecule has 0 saturated heterocycles. The van der Waals surface area contributed by atoms with Gasteiger partial charge in [0, 0.05) is 36.5 Å². The molecule has 0 aliphatic heterocycles. The normalized spacial score (nSPS) is 12.1. The van der Waals surface area contributed by atoms with E-state index in [-0.39, 0.29) is 0 Å². The number of hydrogen-bond acceptors (Lipinski definition) is 3. The molecule has 11 rings (SSSR count). The Morgan fingerprint density at radius 3 is 1.82 bits per heavy atom. The highest BCUT2D eigenvalue weighted by atomic mass is 32.1. The van der Waals surface area contributed by atoms with Gasteiger partial charge in [-0.15, -0.1) is 11.3 Å². The molecule has 49 heavy (non-hydrogen) atoms. The average molecular weight is 643 g/mol. The molecule has 0 radical (unpaired) electrons. The zero-order chi connectivity index (χ0) is 32.1. The molecule has 0 aliphatic carbocycles. The van der Waals surface area contributed by atoms with Crippen LogP contribution in [0.3, 0.4) is 0 Å². The van der Waals surface area contributed by atoms with Gasteiger partial charge < -0.3 is 8.83 Å². The summed E-state index contributed by atoms with van der Waals surface area (Å²) in [6.07, 6.45) is 0. The fraction of sp³-hybridized carbons (Fsp3) is 0. The first-order valence-corrected chi connectivity index (χ1v) is 17.4. The summed E-state index contributed by atoms with van der Waals surface area (Å²) >= 11 is 1.86. The highest BCUT2D eigenvalue weighted by Gasteiger charge is 2.22. The number of hydrogen-bond donors (Lipinski definition) is 0. The van der Waals surface area contributed by atoms with Gasteiger partial charge in [-0.05, 0) is 86.3 Å². The van der Waals surface area contributed by atoms with Crippen LogP contribution in [0.25, 0.3) is 108 Å². The number of benzene rings is 8. The number of thiophene rings is 1. The molecule has 3 heterocycles. The van der Waals surface area contributed by atoms with Crippen LogP contribution in [0.4, 0.5) is 0 Å². The summed E-state index contributed by atoms with van der Waals surface area (Å²) in [4.78, 5) is 0. The van der Waals surface area contributed by atoms with Crippen molar-refractivity contribution in [3.63, 3.8) is 0 Å². The highest BCUT2D eigenvalue weighted by Crippen LogP contribution is 2.48. The first kappa shape index (κ1) is 26.9. The van der Waals surface area contributed by atoms with E-state index in [1.54, 1.807) is 0 Å². The maximum Gasteiger partial charge on any atom is 0.146 e.